The van der Waals surface area contributed by atoms with Crippen molar-refractivity contribution in [3.05, 3.63) is 35.4 Å². The summed E-state index contributed by atoms with van der Waals surface area (Å²) in [7, 11) is 1.76. The first kappa shape index (κ1) is 13.4. The van der Waals surface area contributed by atoms with Gasteiger partial charge in [0.15, 0.2) is 11.6 Å². The van der Waals surface area contributed by atoms with E-state index in [9.17, 15) is 0 Å². The summed E-state index contributed by atoms with van der Waals surface area (Å²) < 4.78 is 0. The van der Waals surface area contributed by atoms with Crippen LogP contribution in [0.25, 0.3) is 11.0 Å². The van der Waals surface area contributed by atoms with Gasteiger partial charge in [0.05, 0.1) is 5.02 Å². The highest BCUT2D eigenvalue weighted by Gasteiger charge is 2.07. The number of halogens is 1. The van der Waals surface area contributed by atoms with Crippen molar-refractivity contribution in [3.8, 4) is 0 Å². The number of aromatic nitrogens is 4. The van der Waals surface area contributed by atoms with E-state index in [1.54, 1.807) is 19.4 Å². The lowest BCUT2D eigenvalue weighted by Gasteiger charge is -2.10. The quantitative estimate of drug-likeness (QED) is 0.589. The van der Waals surface area contributed by atoms with Gasteiger partial charge in [-0.2, -0.15) is 0 Å². The van der Waals surface area contributed by atoms with E-state index >= 15 is 0 Å². The number of rotatable bonds is 4. The maximum atomic E-state index is 6.09. The first-order valence-electron chi connectivity index (χ1n) is 6.32. The van der Waals surface area contributed by atoms with Gasteiger partial charge in [0.1, 0.15) is 17.7 Å². The zero-order valence-corrected chi connectivity index (χ0v) is 12.1. The molecular formula is C13H14ClN7. The molecule has 3 rings (SSSR count). The molecule has 0 spiro atoms. The molecule has 0 amide bonds. The zero-order chi connectivity index (χ0) is 14.8. The second kappa shape index (κ2) is 5.45. The van der Waals surface area contributed by atoms with E-state index in [4.69, 9.17) is 17.3 Å². The highest BCUT2D eigenvalue weighted by molar-refractivity contribution is 6.35. The lowest BCUT2D eigenvalue weighted by Crippen LogP contribution is -2.08. The number of pyridine rings is 1. The molecule has 0 aromatic carbocycles. The maximum absolute atomic E-state index is 6.09. The van der Waals surface area contributed by atoms with Crippen LogP contribution in [-0.4, -0.2) is 27.0 Å². The van der Waals surface area contributed by atoms with Gasteiger partial charge in [-0.1, -0.05) is 11.6 Å². The first-order chi connectivity index (χ1) is 10.2. The van der Waals surface area contributed by atoms with Crippen molar-refractivity contribution in [2.45, 2.75) is 6.54 Å². The van der Waals surface area contributed by atoms with Gasteiger partial charge >= 0.3 is 0 Å². The van der Waals surface area contributed by atoms with E-state index in [1.807, 2.05) is 6.07 Å². The molecule has 108 valence electrons. The van der Waals surface area contributed by atoms with Gasteiger partial charge in [0.25, 0.3) is 0 Å². The number of anilines is 3. The van der Waals surface area contributed by atoms with Gasteiger partial charge < -0.3 is 21.4 Å². The molecule has 0 radical (unpaired) electrons. The third kappa shape index (κ3) is 2.55. The molecule has 0 aliphatic heterocycles. The normalized spacial score (nSPS) is 10.8. The lowest BCUT2D eigenvalue weighted by molar-refractivity contribution is 1.07. The second-order valence-corrected chi connectivity index (χ2v) is 4.87. The Balaban J connectivity index is 1.81. The summed E-state index contributed by atoms with van der Waals surface area (Å²) in [6.45, 7) is 0.537. The number of hydrogen-bond donors (Lipinski definition) is 4. The number of aromatic amines is 1. The standard InChI is InChI=1S/C13H14ClN7/c1-16-12-10(15)13(21-6-20-12)18-4-7-2-8-9(14)5-19-11(8)17-3-7/h2-3,5-6H,4,15H2,1H3,(H,17,19)(H2,16,18,20,21). The van der Waals surface area contributed by atoms with E-state index in [-0.39, 0.29) is 0 Å². The van der Waals surface area contributed by atoms with Crippen molar-refractivity contribution >= 4 is 40.0 Å². The minimum atomic E-state index is 0.480. The molecule has 3 heterocycles. The predicted octanol–water partition coefficient (Wildman–Crippen LogP) is 2.24. The maximum Gasteiger partial charge on any atom is 0.155 e. The molecule has 5 N–H and O–H groups in total. The molecule has 0 aliphatic rings. The van der Waals surface area contributed by atoms with Crippen molar-refractivity contribution in [1.82, 2.24) is 19.9 Å². The van der Waals surface area contributed by atoms with Gasteiger partial charge in [-0.25, -0.2) is 15.0 Å². The molecular weight excluding hydrogens is 290 g/mol. The Hall–Kier alpha value is -2.54. The average Bonchev–Trinajstić information content (AvgIpc) is 2.87. The Morgan fingerprint density at radius 3 is 2.90 bits per heavy atom. The summed E-state index contributed by atoms with van der Waals surface area (Å²) >= 11 is 6.09. The van der Waals surface area contributed by atoms with Crippen LogP contribution in [0.1, 0.15) is 5.56 Å². The summed E-state index contributed by atoms with van der Waals surface area (Å²) in [5, 5.41) is 7.63. The lowest BCUT2D eigenvalue weighted by atomic mass is 10.2. The molecule has 0 saturated heterocycles. The summed E-state index contributed by atoms with van der Waals surface area (Å²) in [4.78, 5) is 15.5. The number of hydrogen-bond acceptors (Lipinski definition) is 6. The van der Waals surface area contributed by atoms with Gasteiger partial charge in [-0.15, -0.1) is 0 Å². The van der Waals surface area contributed by atoms with Crippen LogP contribution in [0, 0.1) is 0 Å². The molecule has 8 heteroatoms. The average molecular weight is 304 g/mol. The highest BCUT2D eigenvalue weighted by atomic mass is 35.5. The topological polar surface area (TPSA) is 105 Å². The molecule has 0 bridgehead atoms. The van der Waals surface area contributed by atoms with Crippen molar-refractivity contribution in [1.29, 1.82) is 0 Å². The van der Waals surface area contributed by atoms with Crippen LogP contribution in [0.15, 0.2) is 24.8 Å². The number of H-pyrrole nitrogens is 1. The fraction of sp³-hybridized carbons (Fsp3) is 0.154. The van der Waals surface area contributed by atoms with E-state index in [0.717, 1.165) is 16.6 Å². The zero-order valence-electron chi connectivity index (χ0n) is 11.3. The summed E-state index contributed by atoms with van der Waals surface area (Å²) in [6, 6.07) is 1.98. The smallest absolute Gasteiger partial charge is 0.155 e. The molecule has 3 aromatic rings. The van der Waals surface area contributed by atoms with Crippen LogP contribution in [0.2, 0.25) is 5.02 Å². The minimum Gasteiger partial charge on any atom is -0.393 e. The van der Waals surface area contributed by atoms with Crippen LogP contribution < -0.4 is 16.4 Å². The second-order valence-electron chi connectivity index (χ2n) is 4.46. The van der Waals surface area contributed by atoms with Gasteiger partial charge in [0, 0.05) is 31.4 Å². The Labute approximate surface area is 126 Å². The molecule has 3 aromatic heterocycles. The Morgan fingerprint density at radius 2 is 2.10 bits per heavy atom. The molecule has 0 aliphatic carbocycles. The Morgan fingerprint density at radius 1 is 1.29 bits per heavy atom. The first-order valence-corrected chi connectivity index (χ1v) is 6.70. The van der Waals surface area contributed by atoms with E-state index in [1.165, 1.54) is 6.33 Å². The summed E-state index contributed by atoms with van der Waals surface area (Å²) in [6.07, 6.45) is 4.95. The minimum absolute atomic E-state index is 0.480. The summed E-state index contributed by atoms with van der Waals surface area (Å²) in [5.41, 5.74) is 8.19. The van der Waals surface area contributed by atoms with Crippen LogP contribution in [0.5, 0.6) is 0 Å². The van der Waals surface area contributed by atoms with E-state index < -0.39 is 0 Å². The summed E-state index contributed by atoms with van der Waals surface area (Å²) in [5.74, 6) is 1.17. The van der Waals surface area contributed by atoms with Crippen molar-refractivity contribution in [3.63, 3.8) is 0 Å². The third-order valence-corrected chi connectivity index (χ3v) is 3.43. The molecule has 0 saturated carbocycles. The van der Waals surface area contributed by atoms with Gasteiger partial charge in [-0.3, -0.25) is 0 Å². The highest BCUT2D eigenvalue weighted by Crippen LogP contribution is 2.24. The van der Waals surface area contributed by atoms with Crippen LogP contribution in [0.4, 0.5) is 17.3 Å². The fourth-order valence-electron chi connectivity index (χ4n) is 2.03. The van der Waals surface area contributed by atoms with Crippen LogP contribution >= 0.6 is 11.6 Å². The molecule has 0 unspecified atom stereocenters. The van der Waals surface area contributed by atoms with Gasteiger partial charge in [0.2, 0.25) is 0 Å². The molecule has 7 nitrogen and oxygen atoms in total. The fourth-order valence-corrected chi connectivity index (χ4v) is 2.23. The van der Waals surface area contributed by atoms with Crippen molar-refractivity contribution in [2.75, 3.05) is 23.4 Å². The number of nitrogens with one attached hydrogen (secondary N) is 3. The SMILES string of the molecule is CNc1ncnc(NCc2cnc3[nH]cc(Cl)c3c2)c1N. The monoisotopic (exact) mass is 303 g/mol. The molecule has 0 atom stereocenters. The van der Waals surface area contributed by atoms with E-state index in [0.29, 0.717) is 28.9 Å². The molecule has 21 heavy (non-hydrogen) atoms. The Kier molecular flexibility index (Phi) is 3.49. The van der Waals surface area contributed by atoms with Crippen LogP contribution in [-0.2, 0) is 6.54 Å². The third-order valence-electron chi connectivity index (χ3n) is 3.12. The van der Waals surface area contributed by atoms with E-state index in [2.05, 4.69) is 30.6 Å². The van der Waals surface area contributed by atoms with Gasteiger partial charge in [-0.05, 0) is 11.6 Å². The number of nitrogens with zero attached hydrogens (tertiary/aromatic N) is 3. The van der Waals surface area contributed by atoms with Crippen molar-refractivity contribution < 1.29 is 0 Å². The van der Waals surface area contributed by atoms with Crippen molar-refractivity contribution in [2.24, 2.45) is 0 Å². The largest absolute Gasteiger partial charge is 0.393 e. The number of nitrogen functional groups attached to an aromatic ring is 1. The van der Waals surface area contributed by atoms with Crippen LogP contribution in [0.3, 0.4) is 0 Å². The predicted molar refractivity (Wildman–Crippen MR) is 84.4 cm³/mol. The molecule has 0 fully saturated rings. The number of nitrogens with two attached hydrogens (primary N) is 1. The number of fused-ring (bicyclic) bond motifs is 1. The Bertz CT molecular complexity index is 783.